The summed E-state index contributed by atoms with van der Waals surface area (Å²) in [5.41, 5.74) is 8.58. The molecule has 0 atom stereocenters. The van der Waals surface area contributed by atoms with Crippen LogP contribution in [0.2, 0.25) is 0 Å². The Morgan fingerprint density at radius 2 is 1.06 bits per heavy atom. The van der Waals surface area contributed by atoms with Crippen molar-refractivity contribution in [3.05, 3.63) is 156 Å². The second kappa shape index (κ2) is 10.5. The van der Waals surface area contributed by atoms with Gasteiger partial charge in [0.1, 0.15) is 12.1 Å². The fraction of sp³-hybridized carbons (Fsp3) is 0.0698. The quantitative estimate of drug-likeness (QED) is 0.190. The predicted molar refractivity (Wildman–Crippen MR) is 197 cm³/mol. The van der Waals surface area contributed by atoms with Gasteiger partial charge in [-0.05, 0) is 58.3 Å². The van der Waals surface area contributed by atoms with E-state index in [1.807, 2.05) is 6.07 Å². The zero-order valence-electron chi connectivity index (χ0n) is 26.4. The second-order valence-electron chi connectivity index (χ2n) is 12.8. The molecule has 9 rings (SSSR count). The molecule has 4 nitrogen and oxygen atoms in total. The standard InChI is InChI=1S/C43H28N4S/c1-43(2)33-15-7-8-16-35(33)46(41-31-13-5-3-11-27(31)19-21-34(41)43)37-24-38(30(26-45)23-29(37)25-44)47-36-17-9-10-18-39(36)48-40-22-20-28-12-4-6-14-32(28)42(40)47/h3-24H,1-2H3. The van der Waals surface area contributed by atoms with Crippen molar-refractivity contribution < 1.29 is 0 Å². The van der Waals surface area contributed by atoms with Crippen LogP contribution in [-0.2, 0) is 5.41 Å². The topological polar surface area (TPSA) is 54.1 Å². The number of hydrogen-bond acceptors (Lipinski definition) is 5. The average Bonchev–Trinajstić information content (AvgIpc) is 3.13. The third-order valence-electron chi connectivity index (χ3n) is 9.87. The minimum Gasteiger partial charge on any atom is -0.308 e. The summed E-state index contributed by atoms with van der Waals surface area (Å²) in [7, 11) is 0. The minimum absolute atomic E-state index is 0.282. The molecule has 0 bridgehead atoms. The number of fused-ring (bicyclic) bond motifs is 8. The molecule has 2 aliphatic heterocycles. The van der Waals surface area contributed by atoms with Gasteiger partial charge in [-0.2, -0.15) is 10.5 Å². The smallest absolute Gasteiger partial charge is 0.101 e. The molecule has 0 amide bonds. The third-order valence-corrected chi connectivity index (χ3v) is 11.0. The number of nitriles is 2. The lowest BCUT2D eigenvalue weighted by Crippen LogP contribution is -2.31. The molecule has 226 valence electrons. The van der Waals surface area contributed by atoms with Crippen LogP contribution >= 0.6 is 11.8 Å². The summed E-state index contributed by atoms with van der Waals surface area (Å²) in [5.74, 6) is 0. The highest BCUT2D eigenvalue weighted by atomic mass is 32.2. The molecule has 0 N–H and O–H groups in total. The molecule has 0 fully saturated rings. The number of anilines is 6. The molecular formula is C43H28N4S. The number of benzene rings is 7. The molecule has 0 spiro atoms. The first-order valence-corrected chi connectivity index (χ1v) is 16.8. The highest BCUT2D eigenvalue weighted by Crippen LogP contribution is 2.58. The maximum Gasteiger partial charge on any atom is 0.101 e. The van der Waals surface area contributed by atoms with Crippen molar-refractivity contribution in [2.24, 2.45) is 0 Å². The summed E-state index contributed by atoms with van der Waals surface area (Å²) in [6.45, 7) is 4.55. The van der Waals surface area contributed by atoms with E-state index in [2.05, 4.69) is 157 Å². The Kier molecular flexibility index (Phi) is 6.18. The van der Waals surface area contributed by atoms with E-state index in [4.69, 9.17) is 0 Å². The summed E-state index contributed by atoms with van der Waals surface area (Å²) >= 11 is 1.74. The molecule has 0 aromatic heterocycles. The Balaban J connectivity index is 1.40. The zero-order valence-corrected chi connectivity index (χ0v) is 27.2. The summed E-state index contributed by atoms with van der Waals surface area (Å²) in [5, 5.41) is 25.9. The number of nitrogens with zero attached hydrogens (tertiary/aromatic N) is 4. The van der Waals surface area contributed by atoms with Gasteiger partial charge in [0.2, 0.25) is 0 Å². The van der Waals surface area contributed by atoms with Gasteiger partial charge in [-0.3, -0.25) is 0 Å². The van der Waals surface area contributed by atoms with E-state index in [1.165, 1.54) is 11.1 Å². The van der Waals surface area contributed by atoms with Crippen LogP contribution in [0.5, 0.6) is 0 Å². The Morgan fingerprint density at radius 3 is 1.77 bits per heavy atom. The lowest BCUT2D eigenvalue weighted by atomic mass is 9.72. The third kappa shape index (κ3) is 3.95. The van der Waals surface area contributed by atoms with E-state index in [1.54, 1.807) is 17.8 Å². The van der Waals surface area contributed by atoms with Crippen LogP contribution in [0.4, 0.5) is 34.1 Å². The second-order valence-corrected chi connectivity index (χ2v) is 13.9. The molecule has 0 aliphatic carbocycles. The predicted octanol–water partition coefficient (Wildman–Crippen LogP) is 11.8. The van der Waals surface area contributed by atoms with Crippen LogP contribution in [0.3, 0.4) is 0 Å². The number of para-hydroxylation sites is 2. The first-order chi connectivity index (χ1) is 23.5. The molecule has 2 heterocycles. The van der Waals surface area contributed by atoms with Crippen molar-refractivity contribution in [1.82, 2.24) is 0 Å². The van der Waals surface area contributed by atoms with Gasteiger partial charge in [0.15, 0.2) is 0 Å². The van der Waals surface area contributed by atoms with Gasteiger partial charge in [-0.15, -0.1) is 0 Å². The summed E-state index contributed by atoms with van der Waals surface area (Å²) in [6.07, 6.45) is 0. The van der Waals surface area contributed by atoms with Gasteiger partial charge >= 0.3 is 0 Å². The Morgan fingerprint density at radius 1 is 0.500 bits per heavy atom. The van der Waals surface area contributed by atoms with Crippen molar-refractivity contribution >= 4 is 67.4 Å². The van der Waals surface area contributed by atoms with Gasteiger partial charge in [0, 0.05) is 26.0 Å². The number of rotatable bonds is 2. The molecule has 7 aromatic carbocycles. The van der Waals surface area contributed by atoms with E-state index >= 15 is 0 Å². The molecule has 0 unspecified atom stereocenters. The van der Waals surface area contributed by atoms with Crippen LogP contribution in [0.15, 0.2) is 143 Å². The zero-order chi connectivity index (χ0) is 32.6. The molecule has 0 radical (unpaired) electrons. The van der Waals surface area contributed by atoms with Crippen molar-refractivity contribution in [3.63, 3.8) is 0 Å². The van der Waals surface area contributed by atoms with Gasteiger partial charge < -0.3 is 9.80 Å². The van der Waals surface area contributed by atoms with Crippen LogP contribution in [0, 0.1) is 22.7 Å². The average molecular weight is 633 g/mol. The molecule has 2 aliphatic rings. The van der Waals surface area contributed by atoms with Crippen molar-refractivity contribution in [2.45, 2.75) is 29.1 Å². The van der Waals surface area contributed by atoms with Crippen molar-refractivity contribution in [2.75, 3.05) is 9.80 Å². The Hall–Kier alpha value is -6.01. The van der Waals surface area contributed by atoms with Crippen LogP contribution in [0.1, 0.15) is 36.1 Å². The lowest BCUT2D eigenvalue weighted by molar-refractivity contribution is 0.633. The summed E-state index contributed by atoms with van der Waals surface area (Å²) in [4.78, 5) is 6.71. The summed E-state index contributed by atoms with van der Waals surface area (Å²) < 4.78 is 0. The maximum atomic E-state index is 10.7. The normalized spacial score (nSPS) is 14.0. The highest BCUT2D eigenvalue weighted by molar-refractivity contribution is 7.99. The van der Waals surface area contributed by atoms with Gasteiger partial charge in [-0.25, -0.2) is 0 Å². The van der Waals surface area contributed by atoms with Crippen LogP contribution < -0.4 is 9.80 Å². The first kappa shape index (κ1) is 28.2. The van der Waals surface area contributed by atoms with Gasteiger partial charge in [-0.1, -0.05) is 123 Å². The Bertz CT molecular complexity index is 2570. The molecule has 48 heavy (non-hydrogen) atoms. The largest absolute Gasteiger partial charge is 0.308 e. The van der Waals surface area contributed by atoms with E-state index in [-0.39, 0.29) is 5.41 Å². The minimum atomic E-state index is -0.282. The SMILES string of the molecule is CC1(C)c2ccccc2N(c2cc(N3c4ccccc4Sc4ccc5ccccc5c43)c(C#N)cc2C#N)c2c1ccc1ccccc21. The fourth-order valence-corrected chi connectivity index (χ4v) is 8.69. The molecule has 0 saturated carbocycles. The fourth-order valence-electron chi connectivity index (χ4n) is 7.61. The monoisotopic (exact) mass is 632 g/mol. The van der Waals surface area contributed by atoms with E-state index in [0.717, 1.165) is 65.5 Å². The number of hydrogen-bond donors (Lipinski definition) is 0. The highest BCUT2D eigenvalue weighted by Gasteiger charge is 2.39. The molecule has 0 saturated heterocycles. The molecule has 7 aromatic rings. The summed E-state index contributed by atoms with van der Waals surface area (Å²) in [6, 6.07) is 51.3. The first-order valence-electron chi connectivity index (χ1n) is 16.0. The lowest BCUT2D eigenvalue weighted by Gasteiger charge is -2.43. The molecule has 5 heteroatoms. The van der Waals surface area contributed by atoms with Crippen LogP contribution in [0.25, 0.3) is 21.5 Å². The van der Waals surface area contributed by atoms with Gasteiger partial charge in [0.25, 0.3) is 0 Å². The van der Waals surface area contributed by atoms with E-state index in [0.29, 0.717) is 11.1 Å². The van der Waals surface area contributed by atoms with Crippen LogP contribution in [-0.4, -0.2) is 0 Å². The Labute approximate surface area is 283 Å². The van der Waals surface area contributed by atoms with E-state index in [9.17, 15) is 10.5 Å². The van der Waals surface area contributed by atoms with Gasteiger partial charge in [0.05, 0.1) is 45.3 Å². The van der Waals surface area contributed by atoms with Crippen molar-refractivity contribution in [1.29, 1.82) is 10.5 Å². The maximum absolute atomic E-state index is 10.7. The van der Waals surface area contributed by atoms with E-state index < -0.39 is 0 Å². The van der Waals surface area contributed by atoms with Crippen molar-refractivity contribution in [3.8, 4) is 12.1 Å². The molecular weight excluding hydrogens is 605 g/mol.